The van der Waals surface area contributed by atoms with Crippen molar-refractivity contribution in [1.29, 1.82) is 0 Å². The van der Waals surface area contributed by atoms with Gasteiger partial charge in [-0.25, -0.2) is 0 Å². The van der Waals surface area contributed by atoms with E-state index in [0.29, 0.717) is 30.2 Å². The summed E-state index contributed by atoms with van der Waals surface area (Å²) in [6, 6.07) is -0.854. The molecule has 0 aliphatic rings. The first-order valence-corrected chi connectivity index (χ1v) is 9.14. The highest BCUT2D eigenvalue weighted by atomic mass is 32.2. The molecule has 0 saturated heterocycles. The van der Waals surface area contributed by atoms with E-state index in [1.807, 2.05) is 0 Å². The Kier molecular flexibility index (Phi) is 12.3. The summed E-state index contributed by atoms with van der Waals surface area (Å²) < 4.78 is 5.29. The van der Waals surface area contributed by atoms with Crippen molar-refractivity contribution in [3.8, 4) is 11.8 Å². The molecule has 0 saturated carbocycles. The molecule has 6 nitrogen and oxygen atoms in total. The smallest absolute Gasteiger partial charge is 0.320 e. The van der Waals surface area contributed by atoms with E-state index in [1.54, 1.807) is 14.0 Å². The van der Waals surface area contributed by atoms with E-state index in [1.165, 1.54) is 0 Å². The van der Waals surface area contributed by atoms with E-state index in [2.05, 4.69) is 11.8 Å². The zero-order valence-corrected chi connectivity index (χ0v) is 14.3. The maximum Gasteiger partial charge on any atom is 0.320 e. The van der Waals surface area contributed by atoms with Gasteiger partial charge in [-0.1, -0.05) is 5.92 Å². The van der Waals surface area contributed by atoms with Gasteiger partial charge < -0.3 is 26.4 Å². The Bertz CT molecular complexity index is 368. The lowest BCUT2D eigenvalue weighted by Gasteiger charge is -2.18. The first-order valence-electron chi connectivity index (χ1n) is 7.41. The Hall–Kier alpha value is -0.780. The minimum absolute atomic E-state index is 0.151. The number of methoxy groups -OCH3 is 1. The topological polar surface area (TPSA) is 119 Å². The lowest BCUT2D eigenvalue weighted by atomic mass is 10.2. The van der Waals surface area contributed by atoms with Crippen LogP contribution in [0.5, 0.6) is 0 Å². The number of hydrogen-bond donors (Lipinski definition) is 4. The van der Waals surface area contributed by atoms with Crippen molar-refractivity contribution in [3.05, 3.63) is 0 Å². The number of unbranched alkanes of at least 4 members (excludes halogenated alkanes) is 1. The molecule has 128 valence electrons. The number of carboxylic acids is 1. The lowest BCUT2D eigenvalue weighted by Crippen LogP contribution is -2.37. The van der Waals surface area contributed by atoms with Crippen LogP contribution in [0.15, 0.2) is 0 Å². The van der Waals surface area contributed by atoms with Crippen LogP contribution in [0.25, 0.3) is 0 Å². The van der Waals surface area contributed by atoms with Gasteiger partial charge in [0.2, 0.25) is 0 Å². The molecule has 0 heterocycles. The number of carboxylic acid groups (broad SMARTS) is 1. The van der Waals surface area contributed by atoms with Crippen molar-refractivity contribution < 1.29 is 19.7 Å². The monoisotopic (exact) mass is 333 g/mol. The van der Waals surface area contributed by atoms with Gasteiger partial charge in [-0.05, 0) is 25.8 Å². The summed E-state index contributed by atoms with van der Waals surface area (Å²) >= 11 is 0. The van der Waals surface area contributed by atoms with Gasteiger partial charge in [0.1, 0.15) is 23.7 Å². The molecule has 0 fully saturated rings. The van der Waals surface area contributed by atoms with Gasteiger partial charge in [0.15, 0.2) is 5.75 Å². The molecule has 0 aromatic rings. The molecule has 4 atom stereocenters. The SMILES string of the molecule is COC(C[S+](CC#CCCCN)CCC(N)C(=O)O)[C@@H](C)O. The third kappa shape index (κ3) is 10.0. The van der Waals surface area contributed by atoms with E-state index in [4.69, 9.17) is 21.3 Å². The number of hydrogen-bond acceptors (Lipinski definition) is 5. The van der Waals surface area contributed by atoms with Crippen molar-refractivity contribution in [1.82, 2.24) is 0 Å². The van der Waals surface area contributed by atoms with Crippen LogP contribution in [-0.4, -0.2) is 65.3 Å². The van der Waals surface area contributed by atoms with E-state index in [0.717, 1.165) is 12.8 Å². The number of aliphatic hydroxyl groups is 1. The highest BCUT2D eigenvalue weighted by Gasteiger charge is 2.28. The van der Waals surface area contributed by atoms with Gasteiger partial charge in [-0.3, -0.25) is 4.79 Å². The van der Waals surface area contributed by atoms with Gasteiger partial charge in [0.05, 0.1) is 6.10 Å². The number of aliphatic hydroxyl groups excluding tert-OH is 1. The van der Waals surface area contributed by atoms with Crippen LogP contribution >= 0.6 is 0 Å². The van der Waals surface area contributed by atoms with Crippen molar-refractivity contribution in [2.45, 2.75) is 44.4 Å². The maximum absolute atomic E-state index is 10.8. The molecule has 0 amide bonds. The molecular formula is C15H29N2O4S+. The van der Waals surface area contributed by atoms with Gasteiger partial charge >= 0.3 is 5.97 Å². The zero-order valence-electron chi connectivity index (χ0n) is 13.5. The number of ether oxygens (including phenoxy) is 1. The van der Waals surface area contributed by atoms with Crippen LogP contribution in [0, 0.1) is 11.8 Å². The summed E-state index contributed by atoms with van der Waals surface area (Å²) in [5, 5.41) is 18.5. The molecule has 0 aromatic carbocycles. The van der Waals surface area contributed by atoms with Crippen LogP contribution in [0.2, 0.25) is 0 Å². The first-order chi connectivity index (χ1) is 10.4. The Morgan fingerprint density at radius 1 is 1.41 bits per heavy atom. The Morgan fingerprint density at radius 3 is 2.59 bits per heavy atom. The fourth-order valence-corrected chi connectivity index (χ4v) is 3.90. The third-order valence-corrected chi connectivity index (χ3v) is 5.35. The average Bonchev–Trinajstić information content (AvgIpc) is 2.47. The Labute approximate surface area is 135 Å². The number of nitrogens with two attached hydrogens (primary N) is 2. The predicted molar refractivity (Wildman–Crippen MR) is 90.7 cm³/mol. The molecule has 3 unspecified atom stereocenters. The van der Waals surface area contributed by atoms with Gasteiger partial charge in [0.25, 0.3) is 0 Å². The van der Waals surface area contributed by atoms with Crippen molar-refractivity contribution in [2.24, 2.45) is 11.5 Å². The molecule has 22 heavy (non-hydrogen) atoms. The van der Waals surface area contributed by atoms with Gasteiger partial charge in [-0.2, -0.15) is 0 Å². The van der Waals surface area contributed by atoms with E-state index >= 15 is 0 Å². The standard InChI is InChI=1S/C15H28N2O4S/c1-12(18)14(21-2)11-22(9-6-4-3-5-8-16)10-7-13(17)15(19)20/h12-14,18H,3,5,7-11,16-17H2,1-2H3/p+1/t12-,13?,14?,22?/m1/s1. The van der Waals surface area contributed by atoms with Crippen molar-refractivity contribution in [3.63, 3.8) is 0 Å². The van der Waals surface area contributed by atoms with Crippen LogP contribution in [0.4, 0.5) is 0 Å². The molecule has 7 heteroatoms. The fourth-order valence-electron chi connectivity index (χ4n) is 1.70. The molecular weight excluding hydrogens is 304 g/mol. The summed E-state index contributed by atoms with van der Waals surface area (Å²) in [6.07, 6.45) is 1.21. The fraction of sp³-hybridized carbons (Fsp3) is 0.800. The Morgan fingerprint density at radius 2 is 2.09 bits per heavy atom. The average molecular weight is 333 g/mol. The summed E-state index contributed by atoms with van der Waals surface area (Å²) in [5.74, 6) is 7.21. The second kappa shape index (κ2) is 12.7. The van der Waals surface area contributed by atoms with Crippen LogP contribution in [0.3, 0.4) is 0 Å². The molecule has 6 N–H and O–H groups in total. The van der Waals surface area contributed by atoms with Crippen LogP contribution < -0.4 is 11.5 Å². The molecule has 0 radical (unpaired) electrons. The minimum atomic E-state index is -0.989. The third-order valence-electron chi connectivity index (χ3n) is 3.18. The lowest BCUT2D eigenvalue weighted by molar-refractivity contribution is -0.138. The zero-order chi connectivity index (χ0) is 17.0. The molecule has 0 aliphatic heterocycles. The second-order valence-electron chi connectivity index (χ2n) is 5.12. The summed E-state index contributed by atoms with van der Waals surface area (Å²) in [6.45, 7) is 2.31. The van der Waals surface area contributed by atoms with Crippen LogP contribution in [-0.2, 0) is 20.4 Å². The molecule has 0 aromatic heterocycles. The predicted octanol–water partition coefficient (Wildman–Crippen LogP) is -0.455. The van der Waals surface area contributed by atoms with Crippen molar-refractivity contribution in [2.75, 3.05) is 30.9 Å². The van der Waals surface area contributed by atoms with Gasteiger partial charge in [0, 0.05) is 30.8 Å². The molecule has 0 aliphatic carbocycles. The second-order valence-corrected chi connectivity index (χ2v) is 7.38. The number of carbonyl (C=O) groups is 1. The quantitative estimate of drug-likeness (QED) is 0.231. The normalized spacial score (nSPS) is 16.2. The molecule has 0 rings (SSSR count). The van der Waals surface area contributed by atoms with Crippen molar-refractivity contribution >= 4 is 16.9 Å². The molecule has 0 bridgehead atoms. The first kappa shape index (κ1) is 21.2. The van der Waals surface area contributed by atoms with E-state index in [-0.39, 0.29) is 17.0 Å². The number of rotatable bonds is 11. The molecule has 0 spiro atoms. The van der Waals surface area contributed by atoms with Gasteiger partial charge in [-0.15, -0.1) is 0 Å². The highest BCUT2D eigenvalue weighted by molar-refractivity contribution is 7.97. The Balaban J connectivity index is 4.52. The highest BCUT2D eigenvalue weighted by Crippen LogP contribution is 2.09. The maximum atomic E-state index is 10.8. The van der Waals surface area contributed by atoms with E-state index in [9.17, 15) is 9.90 Å². The largest absolute Gasteiger partial charge is 0.480 e. The minimum Gasteiger partial charge on any atom is -0.480 e. The van der Waals surface area contributed by atoms with Crippen LogP contribution in [0.1, 0.15) is 26.2 Å². The summed E-state index contributed by atoms with van der Waals surface area (Å²) in [4.78, 5) is 10.8. The van der Waals surface area contributed by atoms with E-state index < -0.39 is 18.1 Å². The summed E-state index contributed by atoms with van der Waals surface area (Å²) in [7, 11) is 1.41. The summed E-state index contributed by atoms with van der Waals surface area (Å²) in [5.41, 5.74) is 11.0. The number of aliphatic carboxylic acids is 1.